The van der Waals surface area contributed by atoms with Gasteiger partial charge in [0.1, 0.15) is 5.54 Å². The monoisotopic (exact) mass is 205 g/mol. The third-order valence-corrected chi connectivity index (χ3v) is 3.49. The SMILES string of the molecule is O=C1NS(=O)(=O)NC12CCCNC2. The van der Waals surface area contributed by atoms with Crippen LogP contribution in [0.5, 0.6) is 0 Å². The van der Waals surface area contributed by atoms with E-state index in [4.69, 9.17) is 0 Å². The van der Waals surface area contributed by atoms with Gasteiger partial charge in [-0.15, -0.1) is 0 Å². The second-order valence-electron chi connectivity index (χ2n) is 3.40. The molecule has 1 amide bonds. The Balaban J connectivity index is 2.28. The zero-order valence-electron chi connectivity index (χ0n) is 6.96. The van der Waals surface area contributed by atoms with Crippen LogP contribution in [0.1, 0.15) is 12.8 Å². The third kappa shape index (κ3) is 1.43. The lowest BCUT2D eigenvalue weighted by Crippen LogP contribution is -2.57. The Bertz CT molecular complexity index is 331. The summed E-state index contributed by atoms with van der Waals surface area (Å²) >= 11 is 0. The molecule has 74 valence electrons. The van der Waals surface area contributed by atoms with Crippen molar-refractivity contribution in [2.75, 3.05) is 13.1 Å². The number of carbonyl (C=O) groups excluding carboxylic acids is 1. The first-order valence-corrected chi connectivity index (χ1v) is 5.59. The standard InChI is InChI=1S/C6H11N3O3S/c10-5-6(2-1-3-7-4-6)9-13(11,12)8-5/h7,9H,1-4H2,(H,8,10). The van der Waals surface area contributed by atoms with Gasteiger partial charge in [-0.1, -0.05) is 0 Å². The lowest BCUT2D eigenvalue weighted by molar-refractivity contribution is -0.124. The Kier molecular flexibility index (Phi) is 1.83. The number of nitrogens with one attached hydrogen (secondary N) is 3. The van der Waals surface area contributed by atoms with Gasteiger partial charge in [0.25, 0.3) is 5.91 Å². The van der Waals surface area contributed by atoms with Crippen molar-refractivity contribution in [3.63, 3.8) is 0 Å². The van der Waals surface area contributed by atoms with Gasteiger partial charge in [-0.25, -0.2) is 4.72 Å². The number of hydrogen-bond donors (Lipinski definition) is 3. The number of carbonyl (C=O) groups is 1. The highest BCUT2D eigenvalue weighted by molar-refractivity contribution is 7.88. The molecule has 2 saturated heterocycles. The molecule has 2 aliphatic rings. The van der Waals surface area contributed by atoms with Crippen molar-refractivity contribution in [3.8, 4) is 0 Å². The highest BCUT2D eigenvalue weighted by Crippen LogP contribution is 2.21. The third-order valence-electron chi connectivity index (χ3n) is 2.38. The maximum atomic E-state index is 11.4. The first-order valence-electron chi connectivity index (χ1n) is 4.11. The maximum Gasteiger partial charge on any atom is 0.302 e. The quantitative estimate of drug-likeness (QED) is 0.430. The van der Waals surface area contributed by atoms with E-state index >= 15 is 0 Å². The van der Waals surface area contributed by atoms with Crippen LogP contribution in [0.15, 0.2) is 0 Å². The summed E-state index contributed by atoms with van der Waals surface area (Å²) < 4.78 is 26.4. The minimum absolute atomic E-state index is 0.373. The maximum absolute atomic E-state index is 11.4. The summed E-state index contributed by atoms with van der Waals surface area (Å²) in [4.78, 5) is 11.4. The Morgan fingerprint density at radius 1 is 1.38 bits per heavy atom. The minimum Gasteiger partial charge on any atom is -0.314 e. The van der Waals surface area contributed by atoms with Crippen LogP contribution in [0.25, 0.3) is 0 Å². The fraction of sp³-hybridized carbons (Fsp3) is 0.833. The molecule has 1 unspecified atom stereocenters. The van der Waals surface area contributed by atoms with Crippen LogP contribution < -0.4 is 14.8 Å². The number of hydrogen-bond acceptors (Lipinski definition) is 4. The topological polar surface area (TPSA) is 87.3 Å². The van der Waals surface area contributed by atoms with Crippen molar-refractivity contribution in [2.24, 2.45) is 0 Å². The first-order chi connectivity index (χ1) is 6.04. The van der Waals surface area contributed by atoms with E-state index in [1.165, 1.54) is 0 Å². The molecule has 1 atom stereocenters. The predicted octanol–water partition coefficient (Wildman–Crippen LogP) is -1.93. The largest absolute Gasteiger partial charge is 0.314 e. The van der Waals surface area contributed by atoms with Gasteiger partial charge in [0, 0.05) is 6.54 Å². The van der Waals surface area contributed by atoms with Crippen molar-refractivity contribution >= 4 is 16.1 Å². The van der Waals surface area contributed by atoms with Gasteiger partial charge < -0.3 is 5.32 Å². The van der Waals surface area contributed by atoms with Crippen LogP contribution in [0.2, 0.25) is 0 Å². The molecule has 2 heterocycles. The summed E-state index contributed by atoms with van der Waals surface area (Å²) in [6.45, 7) is 1.20. The van der Waals surface area contributed by atoms with E-state index in [-0.39, 0.29) is 0 Å². The average Bonchev–Trinajstić information content (AvgIpc) is 2.23. The van der Waals surface area contributed by atoms with E-state index in [9.17, 15) is 13.2 Å². The summed E-state index contributed by atoms with van der Waals surface area (Å²) in [7, 11) is -3.59. The van der Waals surface area contributed by atoms with Crippen LogP contribution in [-0.4, -0.2) is 33.0 Å². The molecule has 13 heavy (non-hydrogen) atoms. The van der Waals surface area contributed by atoms with Crippen molar-refractivity contribution in [1.29, 1.82) is 0 Å². The van der Waals surface area contributed by atoms with Gasteiger partial charge >= 0.3 is 10.2 Å². The van der Waals surface area contributed by atoms with E-state index in [0.717, 1.165) is 13.0 Å². The fourth-order valence-corrected chi connectivity index (χ4v) is 3.01. The van der Waals surface area contributed by atoms with E-state index in [2.05, 4.69) is 10.0 Å². The van der Waals surface area contributed by atoms with Crippen molar-refractivity contribution in [2.45, 2.75) is 18.4 Å². The van der Waals surface area contributed by atoms with Crippen molar-refractivity contribution in [1.82, 2.24) is 14.8 Å². The summed E-state index contributed by atoms with van der Waals surface area (Å²) in [5.41, 5.74) is -0.933. The molecule has 0 bridgehead atoms. The molecule has 2 aliphatic heterocycles. The normalized spacial score (nSPS) is 37.7. The van der Waals surface area contributed by atoms with Crippen LogP contribution in [0.4, 0.5) is 0 Å². The summed E-state index contributed by atoms with van der Waals surface area (Å²) in [5, 5.41) is 3.00. The zero-order valence-corrected chi connectivity index (χ0v) is 7.78. The minimum atomic E-state index is -3.59. The molecule has 6 nitrogen and oxygen atoms in total. The molecule has 1 spiro atoms. The first kappa shape index (κ1) is 8.92. The molecule has 0 radical (unpaired) electrons. The van der Waals surface area contributed by atoms with Gasteiger partial charge in [-0.2, -0.15) is 13.1 Å². The van der Waals surface area contributed by atoms with E-state index in [1.807, 2.05) is 4.72 Å². The molecule has 2 fully saturated rings. The summed E-state index contributed by atoms with van der Waals surface area (Å²) in [5.74, 6) is -0.445. The lowest BCUT2D eigenvalue weighted by atomic mass is 9.91. The highest BCUT2D eigenvalue weighted by atomic mass is 32.2. The lowest BCUT2D eigenvalue weighted by Gasteiger charge is -2.29. The van der Waals surface area contributed by atoms with Gasteiger partial charge in [0.05, 0.1) is 0 Å². The molecule has 0 aromatic rings. The van der Waals surface area contributed by atoms with Crippen LogP contribution >= 0.6 is 0 Å². The fourth-order valence-electron chi connectivity index (χ4n) is 1.74. The van der Waals surface area contributed by atoms with Gasteiger partial charge in [0.15, 0.2) is 0 Å². The number of rotatable bonds is 0. The molecule has 0 aromatic carbocycles. The molecule has 3 N–H and O–H groups in total. The predicted molar refractivity (Wildman–Crippen MR) is 45.0 cm³/mol. The van der Waals surface area contributed by atoms with Crippen LogP contribution in [-0.2, 0) is 15.0 Å². The molecular formula is C6H11N3O3S. The summed E-state index contributed by atoms with van der Waals surface area (Å²) in [6, 6.07) is 0. The van der Waals surface area contributed by atoms with Crippen LogP contribution in [0.3, 0.4) is 0 Å². The van der Waals surface area contributed by atoms with Crippen molar-refractivity contribution in [3.05, 3.63) is 0 Å². The smallest absolute Gasteiger partial charge is 0.302 e. The van der Waals surface area contributed by atoms with Gasteiger partial charge in [-0.05, 0) is 19.4 Å². The molecule has 0 aromatic heterocycles. The summed E-state index contributed by atoms with van der Waals surface area (Å²) in [6.07, 6.45) is 1.36. The van der Waals surface area contributed by atoms with Gasteiger partial charge in [-0.3, -0.25) is 4.79 Å². The molecule has 2 rings (SSSR count). The van der Waals surface area contributed by atoms with E-state index in [0.29, 0.717) is 13.0 Å². The molecule has 7 heteroatoms. The van der Waals surface area contributed by atoms with E-state index in [1.54, 1.807) is 0 Å². The highest BCUT2D eigenvalue weighted by Gasteiger charge is 2.49. The van der Waals surface area contributed by atoms with E-state index < -0.39 is 21.7 Å². The van der Waals surface area contributed by atoms with Crippen molar-refractivity contribution < 1.29 is 13.2 Å². The Hall–Kier alpha value is -0.660. The Morgan fingerprint density at radius 2 is 2.15 bits per heavy atom. The second-order valence-corrected chi connectivity index (χ2v) is 4.81. The average molecular weight is 205 g/mol. The Labute approximate surface area is 76.3 Å². The van der Waals surface area contributed by atoms with Crippen LogP contribution in [0, 0.1) is 0 Å². The molecule has 0 saturated carbocycles. The zero-order chi connectivity index (χ0) is 9.53. The molecule has 0 aliphatic carbocycles. The molecular weight excluding hydrogens is 194 g/mol. The van der Waals surface area contributed by atoms with Gasteiger partial charge in [0.2, 0.25) is 0 Å². The number of piperidine rings is 1. The Morgan fingerprint density at radius 3 is 2.62 bits per heavy atom. The number of amides is 1. The second kappa shape index (κ2) is 2.66.